The summed E-state index contributed by atoms with van der Waals surface area (Å²) in [5.41, 5.74) is 17.9. The summed E-state index contributed by atoms with van der Waals surface area (Å²) in [6, 6.07) is 57.9. The molecule has 4 heteroatoms. The summed E-state index contributed by atoms with van der Waals surface area (Å²) in [4.78, 5) is 4.83. The molecule has 0 fully saturated rings. The van der Waals surface area contributed by atoms with Crippen molar-refractivity contribution in [3.63, 3.8) is 0 Å². The molecule has 2 heterocycles. The summed E-state index contributed by atoms with van der Waals surface area (Å²) < 4.78 is 13.6. The van der Waals surface area contributed by atoms with Gasteiger partial charge in [0.25, 0.3) is 0 Å². The van der Waals surface area contributed by atoms with Crippen molar-refractivity contribution in [2.24, 2.45) is 0 Å². The minimum atomic E-state index is 0.422. The van der Waals surface area contributed by atoms with E-state index in [1.807, 2.05) is 0 Å². The lowest BCUT2D eigenvalue weighted by atomic mass is 9.99. The van der Waals surface area contributed by atoms with Crippen LogP contribution in [0, 0.1) is 27.7 Å². The van der Waals surface area contributed by atoms with Gasteiger partial charge in [-0.1, -0.05) is 100 Å². The third-order valence-electron chi connectivity index (χ3n) is 13.4. The van der Waals surface area contributed by atoms with Crippen LogP contribution >= 0.6 is 0 Å². The van der Waals surface area contributed by atoms with Crippen LogP contribution in [-0.4, -0.2) is 0 Å². The Morgan fingerprint density at radius 1 is 0.359 bits per heavy atom. The fourth-order valence-corrected chi connectivity index (χ4v) is 10.0. The van der Waals surface area contributed by atoms with Gasteiger partial charge in [0, 0.05) is 38.9 Å². The van der Waals surface area contributed by atoms with Gasteiger partial charge in [-0.3, -0.25) is 0 Å². The van der Waals surface area contributed by atoms with Gasteiger partial charge in [-0.25, -0.2) is 0 Å². The van der Waals surface area contributed by atoms with Gasteiger partial charge >= 0.3 is 0 Å². The SMILES string of the molecule is Cc1cccc(C)c1N(c1cccc(C(C)C)c1)c1ccc2cc3c(cc2c1)oc1c3ccc2oc3cc4cc(N(c5cccc(C(C)C)c5)c5c(C)cccc5C)ccc4cc3c21. The maximum atomic E-state index is 6.92. The molecule has 0 spiro atoms. The van der Waals surface area contributed by atoms with Crippen molar-refractivity contribution in [3.8, 4) is 0 Å². The van der Waals surface area contributed by atoms with Crippen LogP contribution < -0.4 is 9.80 Å². The van der Waals surface area contributed by atoms with Crippen LogP contribution in [0.3, 0.4) is 0 Å². The number of rotatable bonds is 8. The highest BCUT2D eigenvalue weighted by Gasteiger charge is 2.22. The molecule has 2 aromatic heterocycles. The van der Waals surface area contributed by atoms with Crippen LogP contribution in [0.2, 0.25) is 0 Å². The second-order valence-corrected chi connectivity index (χ2v) is 18.4. The van der Waals surface area contributed by atoms with Gasteiger partial charge in [0.2, 0.25) is 0 Å². The van der Waals surface area contributed by atoms with E-state index in [2.05, 4.69) is 223 Å². The minimum absolute atomic E-state index is 0.422. The molecule has 0 saturated heterocycles. The summed E-state index contributed by atoms with van der Waals surface area (Å²) >= 11 is 0. The molecule has 314 valence electrons. The zero-order valence-electron chi connectivity index (χ0n) is 37.9. The fourth-order valence-electron chi connectivity index (χ4n) is 10.0. The normalized spacial score (nSPS) is 12.0. The van der Waals surface area contributed by atoms with Crippen molar-refractivity contribution >= 4 is 99.5 Å². The first kappa shape index (κ1) is 39.5. The molecule has 0 N–H and O–H groups in total. The maximum Gasteiger partial charge on any atom is 0.147 e. The zero-order valence-corrected chi connectivity index (χ0v) is 37.9. The van der Waals surface area contributed by atoms with Crippen LogP contribution in [0.4, 0.5) is 34.1 Å². The van der Waals surface area contributed by atoms with Crippen molar-refractivity contribution in [1.82, 2.24) is 0 Å². The van der Waals surface area contributed by atoms with E-state index >= 15 is 0 Å². The molecule has 0 aliphatic heterocycles. The van der Waals surface area contributed by atoms with E-state index in [4.69, 9.17) is 8.83 Å². The van der Waals surface area contributed by atoms with Gasteiger partial charge in [-0.15, -0.1) is 0 Å². The molecule has 64 heavy (non-hydrogen) atoms. The molecule has 0 bridgehead atoms. The van der Waals surface area contributed by atoms with Crippen LogP contribution in [0.15, 0.2) is 167 Å². The van der Waals surface area contributed by atoms with Crippen LogP contribution in [-0.2, 0) is 0 Å². The van der Waals surface area contributed by atoms with Gasteiger partial charge in [-0.2, -0.15) is 0 Å². The van der Waals surface area contributed by atoms with Crippen LogP contribution in [0.5, 0.6) is 0 Å². The number of hydrogen-bond donors (Lipinski definition) is 0. The highest BCUT2D eigenvalue weighted by molar-refractivity contribution is 6.24. The minimum Gasteiger partial charge on any atom is -0.456 e. The lowest BCUT2D eigenvalue weighted by Crippen LogP contribution is -2.13. The molecule has 0 amide bonds. The first-order valence-electron chi connectivity index (χ1n) is 22.6. The van der Waals surface area contributed by atoms with Gasteiger partial charge in [0.1, 0.15) is 22.3 Å². The monoisotopic (exact) mass is 832 g/mol. The van der Waals surface area contributed by atoms with E-state index in [9.17, 15) is 0 Å². The number of para-hydroxylation sites is 2. The predicted octanol–water partition coefficient (Wildman–Crippen LogP) is 18.2. The first-order chi connectivity index (χ1) is 31.0. The lowest BCUT2D eigenvalue weighted by molar-refractivity contribution is 0.663. The highest BCUT2D eigenvalue weighted by atomic mass is 16.3. The summed E-state index contributed by atoms with van der Waals surface area (Å²) in [6.45, 7) is 17.8. The van der Waals surface area contributed by atoms with Crippen molar-refractivity contribution in [3.05, 3.63) is 191 Å². The molecule has 0 radical (unpaired) electrons. The number of nitrogens with zero attached hydrogens (tertiary/aromatic N) is 2. The van der Waals surface area contributed by atoms with Gasteiger partial charge in [0.15, 0.2) is 0 Å². The summed E-state index contributed by atoms with van der Waals surface area (Å²) in [7, 11) is 0. The summed E-state index contributed by atoms with van der Waals surface area (Å²) in [6.07, 6.45) is 0. The quantitative estimate of drug-likeness (QED) is 0.153. The van der Waals surface area contributed by atoms with Gasteiger partial charge < -0.3 is 18.6 Å². The molecular weight excluding hydrogens is 781 g/mol. The molecule has 0 aliphatic rings. The molecule has 0 atom stereocenters. The Bertz CT molecular complexity index is 3600. The lowest BCUT2D eigenvalue weighted by Gasteiger charge is -2.29. The predicted molar refractivity (Wildman–Crippen MR) is 273 cm³/mol. The van der Waals surface area contributed by atoms with Crippen molar-refractivity contribution in [2.45, 2.75) is 67.2 Å². The number of furan rings is 2. The second-order valence-electron chi connectivity index (χ2n) is 18.4. The topological polar surface area (TPSA) is 32.8 Å². The Morgan fingerprint density at radius 2 is 0.812 bits per heavy atom. The number of benzene rings is 9. The molecular formula is C60H52N2O2. The molecule has 4 nitrogen and oxygen atoms in total. The standard InChI is InChI=1S/C60H52N2O2/c1-35(2)41-17-11-19-47(27-41)61(58-37(5)13-9-14-38(58)6)49-23-21-43-31-52-51-25-26-54-57(60(51)64-55(52)33-45(43)29-49)53-32-44-22-24-50(30-46(44)34-56(53)63-54)62(59-39(7)15-10-16-40(59)8)48-20-12-18-42(28-48)36(3)4/h9-36H,1-8H3. The molecule has 11 rings (SSSR count). The molecule has 0 aliphatic carbocycles. The Hall–Kier alpha value is -7.30. The molecule has 0 unspecified atom stereocenters. The number of hydrogen-bond acceptors (Lipinski definition) is 4. The fraction of sp³-hybridized carbons (Fsp3) is 0.167. The van der Waals surface area contributed by atoms with Crippen molar-refractivity contribution in [2.75, 3.05) is 9.80 Å². The zero-order chi connectivity index (χ0) is 44.0. The Balaban J connectivity index is 1.04. The first-order valence-corrected chi connectivity index (χ1v) is 22.6. The number of anilines is 6. The van der Waals surface area contributed by atoms with E-state index in [1.165, 1.54) is 50.1 Å². The van der Waals surface area contributed by atoms with E-state index in [0.29, 0.717) is 11.8 Å². The maximum absolute atomic E-state index is 6.92. The summed E-state index contributed by atoms with van der Waals surface area (Å²) in [5.74, 6) is 0.844. The molecule has 11 aromatic rings. The highest BCUT2D eigenvalue weighted by Crippen LogP contribution is 2.46. The number of fused-ring (bicyclic) bond motifs is 9. The van der Waals surface area contributed by atoms with Crippen LogP contribution in [0.25, 0.3) is 65.4 Å². The van der Waals surface area contributed by atoms with Crippen molar-refractivity contribution in [1.29, 1.82) is 0 Å². The van der Waals surface area contributed by atoms with E-state index < -0.39 is 0 Å². The Kier molecular flexibility index (Phi) is 9.39. The largest absolute Gasteiger partial charge is 0.456 e. The average Bonchev–Trinajstić information content (AvgIpc) is 3.84. The number of aryl methyl sites for hydroxylation is 4. The third kappa shape index (κ3) is 6.51. The van der Waals surface area contributed by atoms with Crippen LogP contribution in [0.1, 0.15) is 72.9 Å². The molecule has 0 saturated carbocycles. The molecule has 9 aromatic carbocycles. The average molecular weight is 833 g/mol. The van der Waals surface area contributed by atoms with E-state index in [-0.39, 0.29) is 0 Å². The third-order valence-corrected chi connectivity index (χ3v) is 13.4. The summed E-state index contributed by atoms with van der Waals surface area (Å²) in [5, 5.41) is 8.80. The van der Waals surface area contributed by atoms with E-state index in [0.717, 1.165) is 82.8 Å². The Labute approximate surface area is 375 Å². The van der Waals surface area contributed by atoms with Gasteiger partial charge in [-0.05, 0) is 179 Å². The van der Waals surface area contributed by atoms with E-state index in [1.54, 1.807) is 0 Å². The smallest absolute Gasteiger partial charge is 0.147 e. The second kappa shape index (κ2) is 15.2. The van der Waals surface area contributed by atoms with Gasteiger partial charge in [0.05, 0.1) is 16.8 Å². The Morgan fingerprint density at radius 3 is 1.31 bits per heavy atom. The van der Waals surface area contributed by atoms with Crippen molar-refractivity contribution < 1.29 is 8.83 Å².